The molecule has 0 aromatic carbocycles. The van der Waals surface area contributed by atoms with E-state index in [1.54, 1.807) is 17.5 Å². The lowest BCUT2D eigenvalue weighted by Gasteiger charge is -2.16. The second-order valence-corrected chi connectivity index (χ2v) is 4.94. The number of hydrogen-bond acceptors (Lipinski definition) is 4. The summed E-state index contributed by atoms with van der Waals surface area (Å²) in [5, 5.41) is 7.69. The molecule has 0 fully saturated rings. The molecule has 18 heavy (non-hydrogen) atoms. The number of pyridine rings is 1. The molecule has 1 atom stereocenters. The van der Waals surface area contributed by atoms with Gasteiger partial charge in [0.1, 0.15) is 0 Å². The van der Waals surface area contributed by atoms with Crippen molar-refractivity contribution in [3.63, 3.8) is 0 Å². The van der Waals surface area contributed by atoms with Crippen molar-refractivity contribution in [1.29, 1.82) is 0 Å². The first kappa shape index (κ1) is 12.9. The molecule has 0 amide bonds. The van der Waals surface area contributed by atoms with Crippen molar-refractivity contribution < 1.29 is 4.74 Å². The van der Waals surface area contributed by atoms with Crippen LogP contribution < -0.4 is 10.1 Å². The number of anilines is 1. The maximum absolute atomic E-state index is 5.55. The van der Waals surface area contributed by atoms with E-state index >= 15 is 0 Å². The van der Waals surface area contributed by atoms with Gasteiger partial charge in [-0.1, -0.05) is 0 Å². The maximum Gasteiger partial charge on any atom is 0.168 e. The van der Waals surface area contributed by atoms with Gasteiger partial charge in [-0.3, -0.25) is 0 Å². The van der Waals surface area contributed by atoms with E-state index in [0.29, 0.717) is 12.6 Å². The molecule has 0 radical (unpaired) electrons. The molecule has 0 aliphatic heterocycles. The third-order valence-electron chi connectivity index (χ3n) is 2.58. The van der Waals surface area contributed by atoms with Gasteiger partial charge in [-0.25, -0.2) is 4.98 Å². The largest absolute Gasteiger partial charge is 0.490 e. The predicted molar refractivity (Wildman–Crippen MR) is 76.5 cm³/mol. The second kappa shape index (κ2) is 6.40. The average Bonchev–Trinajstić information content (AvgIpc) is 2.84. The van der Waals surface area contributed by atoms with E-state index in [-0.39, 0.29) is 0 Å². The van der Waals surface area contributed by atoms with Crippen LogP contribution in [0.5, 0.6) is 5.75 Å². The van der Waals surface area contributed by atoms with Gasteiger partial charge in [0.2, 0.25) is 0 Å². The number of ether oxygens (including phenoxy) is 1. The molecule has 0 spiro atoms. The highest BCUT2D eigenvalue weighted by Crippen LogP contribution is 2.22. The third-order valence-corrected chi connectivity index (χ3v) is 3.31. The topological polar surface area (TPSA) is 34.1 Å². The molecule has 0 saturated heterocycles. The number of hydrogen-bond donors (Lipinski definition) is 1. The van der Waals surface area contributed by atoms with Crippen LogP contribution in [-0.2, 0) is 6.42 Å². The first-order valence-corrected chi connectivity index (χ1v) is 7.09. The number of nitrogens with zero attached hydrogens (tertiary/aromatic N) is 1. The Hall–Kier alpha value is -1.55. The summed E-state index contributed by atoms with van der Waals surface area (Å²) < 4.78 is 5.55. The highest BCUT2D eigenvalue weighted by atomic mass is 32.1. The number of thiophene rings is 1. The zero-order valence-corrected chi connectivity index (χ0v) is 11.5. The SMILES string of the molecule is CCOc1cccnc1NC(C)Cc1ccsc1. The van der Waals surface area contributed by atoms with E-state index in [0.717, 1.165) is 18.0 Å². The van der Waals surface area contributed by atoms with E-state index in [2.05, 4.69) is 34.1 Å². The van der Waals surface area contributed by atoms with Crippen LogP contribution in [0.3, 0.4) is 0 Å². The standard InChI is InChI=1S/C14H18N2OS/c1-3-17-13-5-4-7-15-14(13)16-11(2)9-12-6-8-18-10-12/h4-8,10-11H,3,9H2,1-2H3,(H,15,16). The van der Waals surface area contributed by atoms with Gasteiger partial charge in [0.25, 0.3) is 0 Å². The first-order valence-electron chi connectivity index (χ1n) is 6.15. The van der Waals surface area contributed by atoms with Crippen LogP contribution in [0.2, 0.25) is 0 Å². The molecule has 0 aliphatic rings. The van der Waals surface area contributed by atoms with Gasteiger partial charge in [-0.2, -0.15) is 11.3 Å². The molecule has 2 aromatic rings. The predicted octanol–water partition coefficient (Wildman–Crippen LogP) is 3.58. The van der Waals surface area contributed by atoms with Crippen molar-refractivity contribution in [3.05, 3.63) is 40.7 Å². The monoisotopic (exact) mass is 262 g/mol. The summed E-state index contributed by atoms with van der Waals surface area (Å²) in [5.41, 5.74) is 1.36. The van der Waals surface area contributed by atoms with Crippen LogP contribution in [0.1, 0.15) is 19.4 Å². The first-order chi connectivity index (χ1) is 8.79. The van der Waals surface area contributed by atoms with E-state index < -0.39 is 0 Å². The Labute approximate surface area is 112 Å². The summed E-state index contributed by atoms with van der Waals surface area (Å²) in [4.78, 5) is 4.33. The van der Waals surface area contributed by atoms with Crippen molar-refractivity contribution in [2.24, 2.45) is 0 Å². The maximum atomic E-state index is 5.55. The fourth-order valence-corrected chi connectivity index (χ4v) is 2.50. The van der Waals surface area contributed by atoms with E-state index in [4.69, 9.17) is 4.74 Å². The summed E-state index contributed by atoms with van der Waals surface area (Å²) in [6, 6.07) is 6.31. The smallest absolute Gasteiger partial charge is 0.168 e. The van der Waals surface area contributed by atoms with Crippen molar-refractivity contribution in [2.45, 2.75) is 26.3 Å². The van der Waals surface area contributed by atoms with E-state index in [1.807, 2.05) is 19.1 Å². The number of rotatable bonds is 6. The minimum atomic E-state index is 0.328. The molecule has 4 heteroatoms. The molecule has 96 valence electrons. The molecular formula is C14H18N2OS. The van der Waals surface area contributed by atoms with Gasteiger partial charge in [0.05, 0.1) is 6.61 Å². The zero-order chi connectivity index (χ0) is 12.8. The Morgan fingerprint density at radius 1 is 1.44 bits per heavy atom. The fraction of sp³-hybridized carbons (Fsp3) is 0.357. The fourth-order valence-electron chi connectivity index (χ4n) is 1.82. The van der Waals surface area contributed by atoms with Gasteiger partial charge in [-0.05, 0) is 54.8 Å². The minimum absolute atomic E-state index is 0.328. The van der Waals surface area contributed by atoms with Crippen LogP contribution in [0.4, 0.5) is 5.82 Å². The summed E-state index contributed by atoms with van der Waals surface area (Å²) in [6.45, 7) is 4.78. The Bertz CT molecular complexity index is 470. The van der Waals surface area contributed by atoms with Gasteiger partial charge < -0.3 is 10.1 Å². The Kier molecular flexibility index (Phi) is 4.59. The quantitative estimate of drug-likeness (QED) is 0.864. The molecule has 0 bridgehead atoms. The van der Waals surface area contributed by atoms with Gasteiger partial charge in [0, 0.05) is 12.2 Å². The van der Waals surface area contributed by atoms with Crippen LogP contribution in [0.15, 0.2) is 35.2 Å². The molecule has 3 nitrogen and oxygen atoms in total. The lowest BCUT2D eigenvalue weighted by molar-refractivity contribution is 0.340. The molecule has 2 aromatic heterocycles. The van der Waals surface area contributed by atoms with E-state index in [1.165, 1.54) is 5.56 Å². The highest BCUT2D eigenvalue weighted by Gasteiger charge is 2.08. The molecular weight excluding hydrogens is 244 g/mol. The normalized spacial score (nSPS) is 12.1. The Balaban J connectivity index is 2.00. The molecule has 0 aliphatic carbocycles. The molecule has 2 rings (SSSR count). The van der Waals surface area contributed by atoms with Crippen LogP contribution in [0, 0.1) is 0 Å². The molecule has 1 unspecified atom stereocenters. The van der Waals surface area contributed by atoms with Crippen LogP contribution >= 0.6 is 11.3 Å². The zero-order valence-electron chi connectivity index (χ0n) is 10.7. The van der Waals surface area contributed by atoms with Gasteiger partial charge in [-0.15, -0.1) is 0 Å². The number of aromatic nitrogens is 1. The van der Waals surface area contributed by atoms with Crippen molar-refractivity contribution >= 4 is 17.2 Å². The van der Waals surface area contributed by atoms with Crippen LogP contribution in [0.25, 0.3) is 0 Å². The molecule has 0 saturated carbocycles. The second-order valence-electron chi connectivity index (χ2n) is 4.16. The van der Waals surface area contributed by atoms with E-state index in [9.17, 15) is 0 Å². The molecule has 2 heterocycles. The highest BCUT2D eigenvalue weighted by molar-refractivity contribution is 7.07. The average molecular weight is 262 g/mol. The summed E-state index contributed by atoms with van der Waals surface area (Å²) in [5.74, 6) is 1.64. The van der Waals surface area contributed by atoms with Crippen LogP contribution in [-0.4, -0.2) is 17.6 Å². The molecule has 1 N–H and O–H groups in total. The van der Waals surface area contributed by atoms with Gasteiger partial charge in [0.15, 0.2) is 11.6 Å². The Morgan fingerprint density at radius 3 is 3.06 bits per heavy atom. The van der Waals surface area contributed by atoms with Crippen molar-refractivity contribution in [2.75, 3.05) is 11.9 Å². The van der Waals surface area contributed by atoms with Crippen molar-refractivity contribution in [1.82, 2.24) is 4.98 Å². The lowest BCUT2D eigenvalue weighted by Crippen LogP contribution is -2.19. The van der Waals surface area contributed by atoms with Crippen molar-refractivity contribution in [3.8, 4) is 5.75 Å². The summed E-state index contributed by atoms with van der Waals surface area (Å²) in [6.07, 6.45) is 2.77. The lowest BCUT2D eigenvalue weighted by atomic mass is 10.1. The number of nitrogens with one attached hydrogen (secondary N) is 1. The summed E-state index contributed by atoms with van der Waals surface area (Å²) in [7, 11) is 0. The third kappa shape index (κ3) is 3.47. The minimum Gasteiger partial charge on any atom is -0.490 e. The van der Waals surface area contributed by atoms with Gasteiger partial charge >= 0.3 is 0 Å². The summed E-state index contributed by atoms with van der Waals surface area (Å²) >= 11 is 1.73. The Morgan fingerprint density at radius 2 is 2.33 bits per heavy atom.